The van der Waals surface area contributed by atoms with Crippen LogP contribution in [0.1, 0.15) is 24.8 Å². The first-order valence-electron chi connectivity index (χ1n) is 9.92. The SMILES string of the molecule is O=C(O)CC(Cc1ccccc1)C(=O)N(c1nc(-c2cc(F)ccc2Cl)cs1)C1CC1. The summed E-state index contributed by atoms with van der Waals surface area (Å²) in [6.07, 6.45) is 1.76. The number of hydrogen-bond donors (Lipinski definition) is 1. The van der Waals surface area contributed by atoms with E-state index in [1.165, 1.54) is 29.5 Å². The van der Waals surface area contributed by atoms with Gasteiger partial charge in [-0.2, -0.15) is 0 Å². The number of carbonyl (C=O) groups is 2. The molecule has 1 fully saturated rings. The number of amides is 1. The number of carboxylic acids is 1. The predicted octanol–water partition coefficient (Wildman–Crippen LogP) is 5.43. The largest absolute Gasteiger partial charge is 0.481 e. The zero-order valence-corrected chi connectivity index (χ0v) is 18.1. The Morgan fingerprint density at radius 1 is 1.23 bits per heavy atom. The van der Waals surface area contributed by atoms with Gasteiger partial charge in [0, 0.05) is 17.0 Å². The molecule has 31 heavy (non-hydrogen) atoms. The van der Waals surface area contributed by atoms with Crippen LogP contribution in [-0.2, 0) is 16.0 Å². The fraction of sp³-hybridized carbons (Fsp3) is 0.261. The van der Waals surface area contributed by atoms with Crippen LogP contribution < -0.4 is 4.90 Å². The lowest BCUT2D eigenvalue weighted by molar-refractivity contribution is -0.140. The molecule has 8 heteroatoms. The molecule has 0 bridgehead atoms. The van der Waals surface area contributed by atoms with Crippen molar-refractivity contribution in [2.75, 3.05) is 4.90 Å². The standard InChI is InChI=1S/C23H20ClFN2O3S/c24-19-9-6-16(25)12-18(19)20-13-31-23(26-20)27(17-7-8-17)22(30)15(11-21(28)29)10-14-4-2-1-3-5-14/h1-6,9,12-13,15,17H,7-8,10-11H2,(H,28,29). The van der Waals surface area contributed by atoms with E-state index < -0.39 is 17.7 Å². The van der Waals surface area contributed by atoms with E-state index in [0.29, 0.717) is 27.8 Å². The zero-order valence-electron chi connectivity index (χ0n) is 16.5. The molecule has 0 radical (unpaired) electrons. The van der Waals surface area contributed by atoms with Gasteiger partial charge in [0.2, 0.25) is 5.91 Å². The number of benzene rings is 2. The Kier molecular flexibility index (Phi) is 6.34. The first kappa shape index (κ1) is 21.5. The molecule has 0 saturated heterocycles. The van der Waals surface area contributed by atoms with Gasteiger partial charge in [-0.05, 0) is 43.0 Å². The molecule has 1 heterocycles. The van der Waals surface area contributed by atoms with Crippen molar-refractivity contribution in [3.63, 3.8) is 0 Å². The van der Waals surface area contributed by atoms with Gasteiger partial charge >= 0.3 is 5.97 Å². The summed E-state index contributed by atoms with van der Waals surface area (Å²) < 4.78 is 13.7. The number of anilines is 1. The molecule has 1 atom stereocenters. The van der Waals surface area contributed by atoms with E-state index in [1.54, 1.807) is 10.3 Å². The van der Waals surface area contributed by atoms with Crippen LogP contribution >= 0.6 is 22.9 Å². The smallest absolute Gasteiger partial charge is 0.304 e. The molecule has 1 aliphatic rings. The molecule has 1 saturated carbocycles. The lowest BCUT2D eigenvalue weighted by Crippen LogP contribution is -2.39. The van der Waals surface area contributed by atoms with Crippen molar-refractivity contribution in [2.24, 2.45) is 5.92 Å². The van der Waals surface area contributed by atoms with Crippen molar-refractivity contribution in [3.05, 3.63) is 70.3 Å². The maximum Gasteiger partial charge on any atom is 0.304 e. The predicted molar refractivity (Wildman–Crippen MR) is 119 cm³/mol. The van der Waals surface area contributed by atoms with Crippen LogP contribution in [0.25, 0.3) is 11.3 Å². The molecular weight excluding hydrogens is 439 g/mol. The lowest BCUT2D eigenvalue weighted by Gasteiger charge is -2.24. The number of nitrogens with zero attached hydrogens (tertiary/aromatic N) is 2. The molecule has 1 aromatic heterocycles. The minimum absolute atomic E-state index is 0.00143. The van der Waals surface area contributed by atoms with Gasteiger partial charge in [-0.25, -0.2) is 9.37 Å². The Labute approximate surface area is 188 Å². The minimum atomic E-state index is -1.02. The average Bonchev–Trinajstić information content (AvgIpc) is 3.46. The minimum Gasteiger partial charge on any atom is -0.481 e. The molecule has 1 N–H and O–H groups in total. The van der Waals surface area contributed by atoms with Gasteiger partial charge in [0.25, 0.3) is 0 Å². The second-order valence-electron chi connectivity index (χ2n) is 7.56. The van der Waals surface area contributed by atoms with Crippen molar-refractivity contribution in [2.45, 2.75) is 31.7 Å². The molecule has 3 aromatic rings. The maximum absolute atomic E-state index is 13.7. The summed E-state index contributed by atoms with van der Waals surface area (Å²) in [7, 11) is 0. The van der Waals surface area contributed by atoms with Crippen molar-refractivity contribution < 1.29 is 19.1 Å². The Bertz CT molecular complexity index is 1100. The van der Waals surface area contributed by atoms with Gasteiger partial charge in [0.05, 0.1) is 23.1 Å². The van der Waals surface area contributed by atoms with Gasteiger partial charge in [-0.3, -0.25) is 14.5 Å². The molecule has 0 spiro atoms. The van der Waals surface area contributed by atoms with E-state index in [-0.39, 0.29) is 18.4 Å². The molecule has 1 aliphatic carbocycles. The summed E-state index contributed by atoms with van der Waals surface area (Å²) in [6.45, 7) is 0. The number of carboxylic acid groups (broad SMARTS) is 1. The molecule has 160 valence electrons. The number of aromatic nitrogens is 1. The molecular formula is C23H20ClFN2O3S. The maximum atomic E-state index is 13.7. The number of aliphatic carboxylic acids is 1. The number of thiazole rings is 1. The van der Waals surface area contributed by atoms with Crippen LogP contribution in [0.4, 0.5) is 9.52 Å². The summed E-state index contributed by atoms with van der Waals surface area (Å²) in [5.74, 6) is -2.39. The van der Waals surface area contributed by atoms with E-state index >= 15 is 0 Å². The fourth-order valence-electron chi connectivity index (χ4n) is 3.51. The average molecular weight is 459 g/mol. The van der Waals surface area contributed by atoms with Crippen LogP contribution in [0, 0.1) is 11.7 Å². The second-order valence-corrected chi connectivity index (χ2v) is 8.81. The highest BCUT2D eigenvalue weighted by atomic mass is 35.5. The van der Waals surface area contributed by atoms with Crippen LogP contribution in [0.5, 0.6) is 0 Å². The molecule has 1 unspecified atom stereocenters. The van der Waals surface area contributed by atoms with Gasteiger partial charge < -0.3 is 5.11 Å². The van der Waals surface area contributed by atoms with Crippen molar-refractivity contribution in [1.29, 1.82) is 0 Å². The van der Waals surface area contributed by atoms with Crippen molar-refractivity contribution >= 4 is 39.9 Å². The van der Waals surface area contributed by atoms with Gasteiger partial charge in [0.1, 0.15) is 5.82 Å². The highest BCUT2D eigenvalue weighted by Crippen LogP contribution is 2.38. The Morgan fingerprint density at radius 2 is 1.97 bits per heavy atom. The summed E-state index contributed by atoms with van der Waals surface area (Å²) in [6, 6.07) is 13.4. The highest BCUT2D eigenvalue weighted by Gasteiger charge is 2.39. The topological polar surface area (TPSA) is 70.5 Å². The van der Waals surface area contributed by atoms with Crippen LogP contribution in [0.15, 0.2) is 53.9 Å². The summed E-state index contributed by atoms with van der Waals surface area (Å²) in [5, 5.41) is 12.0. The summed E-state index contributed by atoms with van der Waals surface area (Å²) in [4.78, 5) is 31.1. The molecule has 4 rings (SSSR count). The van der Waals surface area contributed by atoms with Crippen LogP contribution in [-0.4, -0.2) is 28.0 Å². The first-order chi connectivity index (χ1) is 14.9. The van der Waals surface area contributed by atoms with E-state index in [0.717, 1.165) is 18.4 Å². The van der Waals surface area contributed by atoms with Gasteiger partial charge in [-0.15, -0.1) is 11.3 Å². The monoisotopic (exact) mass is 458 g/mol. The number of carbonyl (C=O) groups excluding carboxylic acids is 1. The molecule has 5 nitrogen and oxygen atoms in total. The lowest BCUT2D eigenvalue weighted by atomic mass is 9.94. The number of hydrogen-bond acceptors (Lipinski definition) is 4. The Balaban J connectivity index is 1.63. The van der Waals surface area contributed by atoms with E-state index in [4.69, 9.17) is 11.6 Å². The summed E-state index contributed by atoms with van der Waals surface area (Å²) >= 11 is 7.48. The highest BCUT2D eigenvalue weighted by molar-refractivity contribution is 7.14. The van der Waals surface area contributed by atoms with Crippen LogP contribution in [0.3, 0.4) is 0 Å². The van der Waals surface area contributed by atoms with Crippen LogP contribution in [0.2, 0.25) is 5.02 Å². The third-order valence-electron chi connectivity index (χ3n) is 5.15. The van der Waals surface area contributed by atoms with Crippen molar-refractivity contribution in [1.82, 2.24) is 4.98 Å². The third-order valence-corrected chi connectivity index (χ3v) is 6.32. The van der Waals surface area contributed by atoms with E-state index in [1.807, 2.05) is 30.3 Å². The Morgan fingerprint density at radius 3 is 2.65 bits per heavy atom. The van der Waals surface area contributed by atoms with E-state index in [9.17, 15) is 19.1 Å². The van der Waals surface area contributed by atoms with Crippen molar-refractivity contribution in [3.8, 4) is 11.3 Å². The molecule has 2 aromatic carbocycles. The van der Waals surface area contributed by atoms with Gasteiger partial charge in [0.15, 0.2) is 5.13 Å². The first-order valence-corrected chi connectivity index (χ1v) is 11.2. The molecule has 0 aliphatic heterocycles. The van der Waals surface area contributed by atoms with E-state index in [2.05, 4.69) is 4.98 Å². The molecule has 1 amide bonds. The normalized spacial score (nSPS) is 14.3. The van der Waals surface area contributed by atoms with Gasteiger partial charge in [-0.1, -0.05) is 41.9 Å². The number of rotatable bonds is 8. The zero-order chi connectivity index (χ0) is 22.0. The number of halogens is 2. The Hall–Kier alpha value is -2.77. The quantitative estimate of drug-likeness (QED) is 0.488. The third kappa shape index (κ3) is 5.11. The summed E-state index contributed by atoms with van der Waals surface area (Å²) in [5.41, 5.74) is 1.85. The fourth-order valence-corrected chi connectivity index (χ4v) is 4.62. The second kappa shape index (κ2) is 9.16.